The number of phenolic OH excluding ortho intramolecular Hbond substituents is 2. The maximum absolute atomic E-state index is 10.8. The molecule has 0 atom stereocenters. The topological polar surface area (TPSA) is 158 Å². The van der Waals surface area contributed by atoms with Crippen molar-refractivity contribution in [2.24, 2.45) is 0 Å². The van der Waals surface area contributed by atoms with E-state index in [-0.39, 0.29) is 0 Å². The van der Waals surface area contributed by atoms with Crippen molar-refractivity contribution in [2.45, 2.75) is 11.5 Å². The van der Waals surface area contributed by atoms with Gasteiger partial charge >= 0.3 is 15.8 Å². The molecule has 0 heterocycles. The van der Waals surface area contributed by atoms with E-state index in [1.54, 1.807) is 0 Å². The third-order valence-corrected chi connectivity index (χ3v) is 2.82. The van der Waals surface area contributed by atoms with Gasteiger partial charge in [-0.3, -0.25) is 14.7 Å². The van der Waals surface area contributed by atoms with Crippen LogP contribution in [0.4, 0.5) is 5.69 Å². The van der Waals surface area contributed by atoms with Crippen LogP contribution in [0.15, 0.2) is 11.0 Å². The Morgan fingerprint density at radius 2 is 1.88 bits per heavy atom. The number of aliphatic hydroxyl groups is 1. The van der Waals surface area contributed by atoms with Crippen LogP contribution in [-0.4, -0.2) is 33.2 Å². The van der Waals surface area contributed by atoms with Crippen molar-refractivity contribution in [3.63, 3.8) is 0 Å². The molecular formula is C7H7NO8S. The lowest BCUT2D eigenvalue weighted by Crippen LogP contribution is -2.04. The van der Waals surface area contributed by atoms with E-state index in [0.717, 1.165) is 0 Å². The molecule has 0 aliphatic rings. The number of nitrogens with zero attached hydrogens (tertiary/aromatic N) is 1. The van der Waals surface area contributed by atoms with E-state index in [2.05, 4.69) is 0 Å². The summed E-state index contributed by atoms with van der Waals surface area (Å²) in [6.07, 6.45) is 0. The average molecular weight is 265 g/mol. The molecule has 0 bridgehead atoms. The third kappa shape index (κ3) is 2.27. The average Bonchev–Trinajstić information content (AvgIpc) is 2.13. The lowest BCUT2D eigenvalue weighted by Gasteiger charge is -2.07. The van der Waals surface area contributed by atoms with Crippen molar-refractivity contribution < 1.29 is 33.2 Å². The van der Waals surface area contributed by atoms with E-state index in [9.17, 15) is 28.7 Å². The van der Waals surface area contributed by atoms with E-state index in [1.807, 2.05) is 0 Å². The SMILES string of the molecule is O=[N+]([O-])c1c(CO)cc(O)c(S(=O)(=O)O)c1O. The van der Waals surface area contributed by atoms with Crippen molar-refractivity contribution in [3.05, 3.63) is 21.7 Å². The predicted octanol–water partition coefficient (Wildman–Crippen LogP) is -0.255. The second-order valence-electron chi connectivity index (χ2n) is 2.97. The molecule has 0 saturated carbocycles. The summed E-state index contributed by atoms with van der Waals surface area (Å²) in [5, 5.41) is 37.9. The van der Waals surface area contributed by atoms with E-state index < -0.39 is 49.3 Å². The first kappa shape index (κ1) is 13.2. The molecule has 0 aliphatic heterocycles. The van der Waals surface area contributed by atoms with Crippen LogP contribution in [-0.2, 0) is 16.7 Å². The molecule has 0 aromatic heterocycles. The first-order valence-electron chi connectivity index (χ1n) is 4.00. The summed E-state index contributed by atoms with van der Waals surface area (Å²) in [5.74, 6) is -2.53. The van der Waals surface area contributed by atoms with Gasteiger partial charge in [0.25, 0.3) is 0 Å². The van der Waals surface area contributed by atoms with E-state index >= 15 is 0 Å². The molecule has 9 nitrogen and oxygen atoms in total. The molecule has 1 rings (SSSR count). The highest BCUT2D eigenvalue weighted by atomic mass is 32.2. The summed E-state index contributed by atoms with van der Waals surface area (Å²) in [7, 11) is -5.03. The van der Waals surface area contributed by atoms with Crippen LogP contribution < -0.4 is 0 Å². The van der Waals surface area contributed by atoms with Crippen molar-refractivity contribution in [3.8, 4) is 11.5 Å². The monoisotopic (exact) mass is 265 g/mol. The highest BCUT2D eigenvalue weighted by molar-refractivity contribution is 7.86. The van der Waals surface area contributed by atoms with Gasteiger partial charge in [-0.05, 0) is 6.07 Å². The van der Waals surface area contributed by atoms with Gasteiger partial charge in [0, 0.05) is 0 Å². The summed E-state index contributed by atoms with van der Waals surface area (Å²) in [6, 6.07) is 0.570. The maximum atomic E-state index is 10.8. The zero-order chi connectivity index (χ0) is 13.4. The fourth-order valence-corrected chi connectivity index (χ4v) is 1.92. The zero-order valence-electron chi connectivity index (χ0n) is 8.06. The second-order valence-corrected chi connectivity index (χ2v) is 4.33. The van der Waals surface area contributed by atoms with Gasteiger partial charge in [0.2, 0.25) is 5.75 Å². The molecule has 1 aromatic carbocycles. The molecule has 4 N–H and O–H groups in total. The normalized spacial score (nSPS) is 11.4. The lowest BCUT2D eigenvalue weighted by atomic mass is 10.1. The quantitative estimate of drug-likeness (QED) is 0.330. The summed E-state index contributed by atoms with van der Waals surface area (Å²) in [4.78, 5) is 8.05. The number of rotatable bonds is 3. The van der Waals surface area contributed by atoms with Crippen molar-refractivity contribution >= 4 is 15.8 Å². The van der Waals surface area contributed by atoms with Crippen LogP contribution in [0.5, 0.6) is 11.5 Å². The Balaban J connectivity index is 3.79. The highest BCUT2D eigenvalue weighted by Gasteiger charge is 2.31. The van der Waals surface area contributed by atoms with Gasteiger partial charge in [-0.25, -0.2) is 0 Å². The number of hydrogen-bond donors (Lipinski definition) is 4. The smallest absolute Gasteiger partial charge is 0.317 e. The molecule has 17 heavy (non-hydrogen) atoms. The molecule has 0 unspecified atom stereocenters. The maximum Gasteiger partial charge on any atom is 0.317 e. The number of nitro groups is 1. The molecule has 0 aliphatic carbocycles. The first-order chi connectivity index (χ1) is 7.70. The molecular weight excluding hydrogens is 258 g/mol. The minimum atomic E-state index is -5.03. The Bertz CT molecular complexity index is 578. The lowest BCUT2D eigenvalue weighted by molar-refractivity contribution is -0.387. The highest BCUT2D eigenvalue weighted by Crippen LogP contribution is 2.41. The molecule has 94 valence electrons. The minimum Gasteiger partial charge on any atom is -0.506 e. The fraction of sp³-hybridized carbons (Fsp3) is 0.143. The first-order valence-corrected chi connectivity index (χ1v) is 5.44. The van der Waals surface area contributed by atoms with Crippen LogP contribution in [0.3, 0.4) is 0 Å². The van der Waals surface area contributed by atoms with E-state index in [4.69, 9.17) is 9.66 Å². The molecule has 1 aromatic rings. The predicted molar refractivity (Wildman–Crippen MR) is 52.2 cm³/mol. The molecule has 0 spiro atoms. The van der Waals surface area contributed by atoms with Crippen LogP contribution in [0.1, 0.15) is 5.56 Å². The fourth-order valence-electron chi connectivity index (χ4n) is 1.26. The Morgan fingerprint density at radius 3 is 2.24 bits per heavy atom. The summed E-state index contributed by atoms with van der Waals surface area (Å²) >= 11 is 0. The van der Waals surface area contributed by atoms with Gasteiger partial charge in [0.1, 0.15) is 5.75 Å². The van der Waals surface area contributed by atoms with E-state index in [0.29, 0.717) is 6.07 Å². The Morgan fingerprint density at radius 1 is 1.35 bits per heavy atom. The number of nitro benzene ring substituents is 1. The van der Waals surface area contributed by atoms with Crippen molar-refractivity contribution in [1.29, 1.82) is 0 Å². The number of aliphatic hydroxyl groups excluding tert-OH is 1. The number of phenols is 2. The molecule has 10 heteroatoms. The van der Waals surface area contributed by atoms with Gasteiger partial charge in [0.15, 0.2) is 4.90 Å². The van der Waals surface area contributed by atoms with Gasteiger partial charge in [-0.15, -0.1) is 0 Å². The van der Waals surface area contributed by atoms with Gasteiger partial charge in [-0.2, -0.15) is 8.42 Å². The van der Waals surface area contributed by atoms with Crippen LogP contribution in [0, 0.1) is 10.1 Å². The Labute approximate surface area is 94.5 Å². The minimum absolute atomic E-state index is 0.489. The van der Waals surface area contributed by atoms with Crippen molar-refractivity contribution in [2.75, 3.05) is 0 Å². The molecule has 0 saturated heterocycles. The van der Waals surface area contributed by atoms with Gasteiger partial charge in [-0.1, -0.05) is 0 Å². The Hall–Kier alpha value is -1.91. The molecule has 0 radical (unpaired) electrons. The second kappa shape index (κ2) is 4.16. The van der Waals surface area contributed by atoms with E-state index in [1.165, 1.54) is 0 Å². The molecule has 0 fully saturated rings. The standard InChI is InChI=1S/C7H7NO8S/c9-2-3-1-4(10)7(17(14,15)16)6(11)5(3)8(12)13/h1,9-11H,2H2,(H,14,15,16). The number of aromatic hydroxyl groups is 2. The number of hydrogen-bond acceptors (Lipinski definition) is 7. The van der Waals surface area contributed by atoms with Gasteiger partial charge in [0.05, 0.1) is 17.1 Å². The Kier molecular flexibility index (Phi) is 3.22. The van der Waals surface area contributed by atoms with Crippen molar-refractivity contribution in [1.82, 2.24) is 0 Å². The molecule has 0 amide bonds. The zero-order valence-corrected chi connectivity index (χ0v) is 8.88. The summed E-state index contributed by atoms with van der Waals surface area (Å²) in [5.41, 5.74) is -1.59. The van der Waals surface area contributed by atoms with Crippen LogP contribution in [0.25, 0.3) is 0 Å². The number of benzene rings is 1. The summed E-state index contributed by atoms with van der Waals surface area (Å²) < 4.78 is 30.3. The van der Waals surface area contributed by atoms with Gasteiger partial charge < -0.3 is 15.3 Å². The largest absolute Gasteiger partial charge is 0.506 e. The third-order valence-electron chi connectivity index (χ3n) is 1.90. The van der Waals surface area contributed by atoms with Crippen LogP contribution >= 0.6 is 0 Å². The summed E-state index contributed by atoms with van der Waals surface area (Å²) in [6.45, 7) is -0.900. The van der Waals surface area contributed by atoms with Crippen LogP contribution in [0.2, 0.25) is 0 Å².